The van der Waals surface area contributed by atoms with E-state index in [1.54, 1.807) is 30.5 Å². The monoisotopic (exact) mass is 312 g/mol. The summed E-state index contributed by atoms with van der Waals surface area (Å²) in [6.07, 6.45) is 1.89. The van der Waals surface area contributed by atoms with Gasteiger partial charge in [-0.3, -0.25) is 4.79 Å². The zero-order chi connectivity index (χ0) is 14.4. The van der Waals surface area contributed by atoms with Crippen LogP contribution in [0.5, 0.6) is 0 Å². The molecule has 0 bridgehead atoms. The number of benzene rings is 1. The lowest BCUT2D eigenvalue weighted by Crippen LogP contribution is -2.24. The lowest BCUT2D eigenvalue weighted by atomic mass is 10.3. The van der Waals surface area contributed by atoms with E-state index in [0.717, 1.165) is 5.76 Å². The standard InChI is InChI=1S/C14H14Cl2N2O2/c15-11-4-1-5-12(16)14(11)17-7-6-13(19)18-9-10-3-2-8-20-10/h1-5,8,17H,6-7,9H2,(H,18,19). The Hall–Kier alpha value is -1.65. The Morgan fingerprint density at radius 1 is 1.15 bits per heavy atom. The fraction of sp³-hybridized carbons (Fsp3) is 0.214. The molecule has 1 amide bonds. The number of furan rings is 1. The minimum atomic E-state index is -0.0722. The van der Waals surface area contributed by atoms with Crippen molar-refractivity contribution in [2.45, 2.75) is 13.0 Å². The van der Waals surface area contributed by atoms with Crippen LogP contribution in [-0.2, 0) is 11.3 Å². The molecule has 4 nitrogen and oxygen atoms in total. The predicted octanol–water partition coefficient (Wildman–Crippen LogP) is 3.70. The highest BCUT2D eigenvalue weighted by Gasteiger charge is 2.06. The number of rotatable bonds is 6. The number of halogens is 2. The van der Waals surface area contributed by atoms with Crippen LogP contribution in [0.1, 0.15) is 12.2 Å². The topological polar surface area (TPSA) is 54.3 Å². The molecule has 0 aliphatic rings. The minimum absolute atomic E-state index is 0.0722. The molecule has 1 aromatic heterocycles. The number of carbonyl (C=O) groups is 1. The number of carbonyl (C=O) groups excluding carboxylic acids is 1. The van der Waals surface area contributed by atoms with Gasteiger partial charge in [-0.05, 0) is 24.3 Å². The van der Waals surface area contributed by atoms with Gasteiger partial charge in [0.05, 0.1) is 28.5 Å². The lowest BCUT2D eigenvalue weighted by Gasteiger charge is -2.10. The lowest BCUT2D eigenvalue weighted by molar-refractivity contribution is -0.121. The first-order valence-corrected chi connectivity index (χ1v) is 6.89. The number of para-hydroxylation sites is 1. The van der Waals surface area contributed by atoms with E-state index in [1.807, 2.05) is 6.07 Å². The van der Waals surface area contributed by atoms with Gasteiger partial charge in [-0.1, -0.05) is 29.3 Å². The summed E-state index contributed by atoms with van der Waals surface area (Å²) < 4.78 is 5.12. The van der Waals surface area contributed by atoms with Gasteiger partial charge < -0.3 is 15.1 Å². The molecule has 6 heteroatoms. The highest BCUT2D eigenvalue weighted by molar-refractivity contribution is 6.39. The SMILES string of the molecule is O=C(CCNc1c(Cl)cccc1Cl)NCc1ccco1. The third-order valence-electron chi connectivity index (χ3n) is 2.66. The van der Waals surface area contributed by atoms with Crippen LogP contribution < -0.4 is 10.6 Å². The maximum absolute atomic E-state index is 11.6. The van der Waals surface area contributed by atoms with Gasteiger partial charge in [-0.15, -0.1) is 0 Å². The molecule has 2 N–H and O–H groups in total. The van der Waals surface area contributed by atoms with Gasteiger partial charge in [0.2, 0.25) is 5.91 Å². The largest absolute Gasteiger partial charge is 0.467 e. The molecule has 0 unspecified atom stereocenters. The average molecular weight is 313 g/mol. The first kappa shape index (κ1) is 14.8. The summed E-state index contributed by atoms with van der Waals surface area (Å²) in [6, 6.07) is 8.84. The Bertz CT molecular complexity index is 550. The van der Waals surface area contributed by atoms with Crippen LogP contribution in [0.15, 0.2) is 41.0 Å². The van der Waals surface area contributed by atoms with Gasteiger partial charge in [0.1, 0.15) is 5.76 Å². The molecule has 0 radical (unpaired) electrons. The quantitative estimate of drug-likeness (QED) is 0.855. The van der Waals surface area contributed by atoms with Gasteiger partial charge >= 0.3 is 0 Å². The molecule has 0 aliphatic carbocycles. The molecule has 0 spiro atoms. The van der Waals surface area contributed by atoms with E-state index in [1.165, 1.54) is 0 Å². The first-order valence-electron chi connectivity index (χ1n) is 6.14. The van der Waals surface area contributed by atoms with Crippen molar-refractivity contribution in [2.24, 2.45) is 0 Å². The summed E-state index contributed by atoms with van der Waals surface area (Å²) >= 11 is 12.0. The highest BCUT2D eigenvalue weighted by Crippen LogP contribution is 2.29. The summed E-state index contributed by atoms with van der Waals surface area (Å²) in [4.78, 5) is 11.6. The van der Waals surface area contributed by atoms with Crippen molar-refractivity contribution < 1.29 is 9.21 Å². The van der Waals surface area contributed by atoms with E-state index in [0.29, 0.717) is 35.2 Å². The minimum Gasteiger partial charge on any atom is -0.467 e. The van der Waals surface area contributed by atoms with Crippen LogP contribution in [0.2, 0.25) is 10.0 Å². The molecule has 0 saturated heterocycles. The normalized spacial score (nSPS) is 10.3. The Labute approximate surface area is 127 Å². The van der Waals surface area contributed by atoms with E-state index < -0.39 is 0 Å². The Morgan fingerprint density at radius 2 is 1.90 bits per heavy atom. The van der Waals surface area contributed by atoms with E-state index in [9.17, 15) is 4.79 Å². The number of hydrogen-bond donors (Lipinski definition) is 2. The molecule has 2 aromatic rings. The van der Waals surface area contributed by atoms with Gasteiger partial charge in [0.15, 0.2) is 0 Å². The molecular formula is C14H14Cl2N2O2. The van der Waals surface area contributed by atoms with Crippen LogP contribution in [0.25, 0.3) is 0 Å². The van der Waals surface area contributed by atoms with Crippen molar-refractivity contribution in [1.82, 2.24) is 5.32 Å². The molecule has 0 saturated carbocycles. The summed E-state index contributed by atoms with van der Waals surface area (Å²) in [7, 11) is 0. The van der Waals surface area contributed by atoms with Gasteiger partial charge in [0.25, 0.3) is 0 Å². The van der Waals surface area contributed by atoms with Crippen LogP contribution in [0.3, 0.4) is 0 Å². The van der Waals surface area contributed by atoms with Gasteiger partial charge in [0, 0.05) is 13.0 Å². The van der Waals surface area contributed by atoms with E-state index in [4.69, 9.17) is 27.6 Å². The fourth-order valence-electron chi connectivity index (χ4n) is 1.65. The maximum atomic E-state index is 11.6. The molecule has 106 valence electrons. The number of amides is 1. The van der Waals surface area contributed by atoms with Crippen molar-refractivity contribution in [2.75, 3.05) is 11.9 Å². The van der Waals surface area contributed by atoms with Gasteiger partial charge in [-0.25, -0.2) is 0 Å². The number of anilines is 1. The molecule has 0 aliphatic heterocycles. The Kier molecular flexibility index (Phi) is 5.32. The van der Waals surface area contributed by atoms with E-state index in [2.05, 4.69) is 10.6 Å². The summed E-state index contributed by atoms with van der Waals surface area (Å²) in [5.74, 6) is 0.650. The maximum Gasteiger partial charge on any atom is 0.222 e. The zero-order valence-electron chi connectivity index (χ0n) is 10.7. The highest BCUT2D eigenvalue weighted by atomic mass is 35.5. The van der Waals surface area contributed by atoms with E-state index in [-0.39, 0.29) is 5.91 Å². The zero-order valence-corrected chi connectivity index (χ0v) is 12.2. The Balaban J connectivity index is 1.74. The van der Waals surface area contributed by atoms with Crippen molar-refractivity contribution in [1.29, 1.82) is 0 Å². The average Bonchev–Trinajstić information content (AvgIpc) is 2.93. The number of hydrogen-bond acceptors (Lipinski definition) is 3. The molecule has 0 atom stereocenters. The molecule has 0 fully saturated rings. The second kappa shape index (κ2) is 7.22. The first-order chi connectivity index (χ1) is 9.66. The third kappa shape index (κ3) is 4.18. The second-order valence-corrected chi connectivity index (χ2v) is 4.94. The van der Waals surface area contributed by atoms with Gasteiger partial charge in [-0.2, -0.15) is 0 Å². The van der Waals surface area contributed by atoms with Crippen LogP contribution in [-0.4, -0.2) is 12.5 Å². The van der Waals surface area contributed by atoms with Crippen LogP contribution in [0.4, 0.5) is 5.69 Å². The van der Waals surface area contributed by atoms with Crippen molar-refractivity contribution >= 4 is 34.8 Å². The number of nitrogens with one attached hydrogen (secondary N) is 2. The molecule has 20 heavy (non-hydrogen) atoms. The smallest absolute Gasteiger partial charge is 0.222 e. The second-order valence-electron chi connectivity index (χ2n) is 4.13. The summed E-state index contributed by atoms with van der Waals surface area (Å²) in [6.45, 7) is 0.839. The predicted molar refractivity (Wildman–Crippen MR) is 80.1 cm³/mol. The van der Waals surface area contributed by atoms with Crippen molar-refractivity contribution in [3.05, 3.63) is 52.4 Å². The molecular weight excluding hydrogens is 299 g/mol. The molecule has 1 heterocycles. The summed E-state index contributed by atoms with van der Waals surface area (Å²) in [5.41, 5.74) is 0.648. The summed E-state index contributed by atoms with van der Waals surface area (Å²) in [5, 5.41) is 6.89. The van der Waals surface area contributed by atoms with Crippen LogP contribution in [0, 0.1) is 0 Å². The molecule has 1 aromatic carbocycles. The van der Waals surface area contributed by atoms with E-state index >= 15 is 0 Å². The fourth-order valence-corrected chi connectivity index (χ4v) is 2.19. The van der Waals surface area contributed by atoms with Crippen molar-refractivity contribution in [3.8, 4) is 0 Å². The third-order valence-corrected chi connectivity index (χ3v) is 3.29. The van der Waals surface area contributed by atoms with Crippen molar-refractivity contribution in [3.63, 3.8) is 0 Å². The Morgan fingerprint density at radius 3 is 2.55 bits per heavy atom. The van der Waals surface area contributed by atoms with Crippen LogP contribution >= 0.6 is 23.2 Å². The molecule has 2 rings (SSSR count).